The van der Waals surface area contributed by atoms with E-state index >= 15 is 0 Å². The van der Waals surface area contributed by atoms with Crippen molar-refractivity contribution in [3.8, 4) is 50.2 Å². The van der Waals surface area contributed by atoms with Crippen LogP contribution < -0.4 is 4.90 Å². The van der Waals surface area contributed by atoms with Crippen LogP contribution in [-0.2, 0) is 5.41 Å². The van der Waals surface area contributed by atoms with Crippen LogP contribution in [-0.4, -0.2) is 4.57 Å². The van der Waals surface area contributed by atoms with Crippen LogP contribution in [0.15, 0.2) is 218 Å². The van der Waals surface area contributed by atoms with Crippen LogP contribution in [0, 0.1) is 0 Å². The molecule has 0 unspecified atom stereocenters. The van der Waals surface area contributed by atoms with Crippen LogP contribution in [0.3, 0.4) is 0 Å². The van der Waals surface area contributed by atoms with Gasteiger partial charge < -0.3 is 9.47 Å². The number of benzene rings is 9. The fraction of sp³-hybridized carbons (Fsp3) is 0.0526. The number of hydrogen-bond acceptors (Lipinski definition) is 1. The Kier molecular flexibility index (Phi) is 8.20. The Hall–Kier alpha value is -7.42. The van der Waals surface area contributed by atoms with Gasteiger partial charge in [0.25, 0.3) is 0 Å². The third kappa shape index (κ3) is 5.79. The van der Waals surface area contributed by atoms with Crippen molar-refractivity contribution in [2.75, 3.05) is 4.90 Å². The smallest absolute Gasteiger partial charge is 0.0541 e. The van der Waals surface area contributed by atoms with Crippen molar-refractivity contribution in [2.24, 2.45) is 0 Å². The Morgan fingerprint density at radius 3 is 1.59 bits per heavy atom. The van der Waals surface area contributed by atoms with Gasteiger partial charge in [0, 0.05) is 38.9 Å². The molecule has 59 heavy (non-hydrogen) atoms. The van der Waals surface area contributed by atoms with Crippen molar-refractivity contribution in [3.63, 3.8) is 0 Å². The van der Waals surface area contributed by atoms with Crippen molar-refractivity contribution >= 4 is 38.9 Å². The van der Waals surface area contributed by atoms with Crippen LogP contribution in [0.1, 0.15) is 25.0 Å². The molecule has 0 aliphatic heterocycles. The van der Waals surface area contributed by atoms with E-state index < -0.39 is 0 Å². The lowest BCUT2D eigenvalue weighted by molar-refractivity contribution is 0.660. The van der Waals surface area contributed by atoms with Crippen LogP contribution in [0.4, 0.5) is 17.1 Å². The lowest BCUT2D eigenvalue weighted by Crippen LogP contribution is -2.16. The van der Waals surface area contributed by atoms with Gasteiger partial charge in [-0.25, -0.2) is 0 Å². The Labute approximate surface area is 345 Å². The van der Waals surface area contributed by atoms with E-state index in [1.165, 1.54) is 83.1 Å². The Balaban J connectivity index is 1.02. The highest BCUT2D eigenvalue weighted by Crippen LogP contribution is 2.53. The van der Waals surface area contributed by atoms with Gasteiger partial charge in [-0.15, -0.1) is 0 Å². The number of anilines is 3. The summed E-state index contributed by atoms with van der Waals surface area (Å²) in [6.45, 7) is 4.75. The molecular formula is C57H42N2. The van der Waals surface area contributed by atoms with Crippen molar-refractivity contribution in [1.29, 1.82) is 0 Å². The minimum Gasteiger partial charge on any atom is -0.310 e. The fourth-order valence-corrected chi connectivity index (χ4v) is 9.46. The highest BCUT2D eigenvalue weighted by molar-refractivity contribution is 6.10. The molecule has 0 radical (unpaired) electrons. The maximum atomic E-state index is 2.43. The predicted octanol–water partition coefficient (Wildman–Crippen LogP) is 15.6. The van der Waals surface area contributed by atoms with Crippen molar-refractivity contribution < 1.29 is 0 Å². The minimum absolute atomic E-state index is 0.166. The van der Waals surface area contributed by atoms with Gasteiger partial charge in [-0.05, 0) is 122 Å². The topological polar surface area (TPSA) is 8.17 Å². The van der Waals surface area contributed by atoms with Gasteiger partial charge in [0.15, 0.2) is 0 Å². The zero-order valence-electron chi connectivity index (χ0n) is 33.2. The second-order valence-corrected chi connectivity index (χ2v) is 16.2. The molecule has 0 amide bonds. The molecule has 0 fully saturated rings. The van der Waals surface area contributed by atoms with E-state index in [-0.39, 0.29) is 5.41 Å². The molecule has 1 aliphatic rings. The zero-order valence-corrected chi connectivity index (χ0v) is 33.2. The van der Waals surface area contributed by atoms with E-state index in [0.717, 1.165) is 17.1 Å². The molecule has 280 valence electrons. The molecule has 11 rings (SSSR count). The van der Waals surface area contributed by atoms with Crippen LogP contribution in [0.5, 0.6) is 0 Å². The second kappa shape index (κ2) is 13.9. The monoisotopic (exact) mass is 754 g/mol. The summed E-state index contributed by atoms with van der Waals surface area (Å²) in [6.07, 6.45) is 0. The predicted molar refractivity (Wildman–Crippen MR) is 249 cm³/mol. The molecule has 10 aromatic rings. The summed E-state index contributed by atoms with van der Waals surface area (Å²) in [5.74, 6) is 0. The van der Waals surface area contributed by atoms with Crippen LogP contribution in [0.25, 0.3) is 72.0 Å². The number of hydrogen-bond donors (Lipinski definition) is 0. The lowest BCUT2D eigenvalue weighted by atomic mass is 9.81. The molecule has 1 heterocycles. The summed E-state index contributed by atoms with van der Waals surface area (Å²) in [5, 5.41) is 2.51. The molecule has 1 aliphatic carbocycles. The quantitative estimate of drug-likeness (QED) is 0.157. The number of rotatable bonds is 7. The van der Waals surface area contributed by atoms with Crippen molar-refractivity contribution in [2.45, 2.75) is 19.3 Å². The molecule has 1 aromatic heterocycles. The number of nitrogens with zero attached hydrogens (tertiary/aromatic N) is 2. The first-order valence-corrected chi connectivity index (χ1v) is 20.5. The third-order valence-corrected chi connectivity index (χ3v) is 12.4. The van der Waals surface area contributed by atoms with Gasteiger partial charge in [-0.3, -0.25) is 0 Å². The molecular weight excluding hydrogens is 713 g/mol. The van der Waals surface area contributed by atoms with E-state index in [1.54, 1.807) is 0 Å². The third-order valence-electron chi connectivity index (χ3n) is 12.4. The maximum Gasteiger partial charge on any atom is 0.0541 e. The molecule has 2 heteroatoms. The first-order valence-electron chi connectivity index (χ1n) is 20.5. The highest BCUT2D eigenvalue weighted by atomic mass is 15.1. The van der Waals surface area contributed by atoms with Crippen LogP contribution >= 0.6 is 0 Å². The fourth-order valence-electron chi connectivity index (χ4n) is 9.46. The molecule has 0 N–H and O–H groups in total. The van der Waals surface area contributed by atoms with E-state index in [2.05, 4.69) is 242 Å². The highest BCUT2D eigenvalue weighted by Gasteiger charge is 2.37. The summed E-state index contributed by atoms with van der Waals surface area (Å²) < 4.78 is 2.37. The van der Waals surface area contributed by atoms with Gasteiger partial charge >= 0.3 is 0 Å². The molecule has 0 saturated heterocycles. The molecule has 0 atom stereocenters. The Morgan fingerprint density at radius 2 is 0.898 bits per heavy atom. The van der Waals surface area contributed by atoms with E-state index in [9.17, 15) is 0 Å². The first kappa shape index (κ1) is 34.8. The lowest BCUT2D eigenvalue weighted by Gasteiger charge is -2.28. The molecule has 2 nitrogen and oxygen atoms in total. The summed E-state index contributed by atoms with van der Waals surface area (Å²) in [7, 11) is 0. The summed E-state index contributed by atoms with van der Waals surface area (Å²) >= 11 is 0. The summed E-state index contributed by atoms with van der Waals surface area (Å²) in [5.41, 5.74) is 19.5. The number of aromatic nitrogens is 1. The first-order chi connectivity index (χ1) is 29.0. The molecule has 0 spiro atoms. The average Bonchev–Trinajstić information content (AvgIpc) is 3.75. The van der Waals surface area contributed by atoms with Gasteiger partial charge in [-0.1, -0.05) is 166 Å². The molecule has 9 aromatic carbocycles. The Morgan fingerprint density at radius 1 is 0.356 bits per heavy atom. The van der Waals surface area contributed by atoms with E-state index in [0.29, 0.717) is 0 Å². The maximum absolute atomic E-state index is 2.43. The van der Waals surface area contributed by atoms with Crippen molar-refractivity contribution in [3.05, 3.63) is 230 Å². The summed E-state index contributed by atoms with van der Waals surface area (Å²) in [6, 6.07) is 79.7. The van der Waals surface area contributed by atoms with Gasteiger partial charge in [-0.2, -0.15) is 0 Å². The van der Waals surface area contributed by atoms with Gasteiger partial charge in [0.1, 0.15) is 0 Å². The van der Waals surface area contributed by atoms with Gasteiger partial charge in [0.2, 0.25) is 0 Å². The van der Waals surface area contributed by atoms with Crippen molar-refractivity contribution in [1.82, 2.24) is 4.57 Å². The number of para-hydroxylation sites is 2. The van der Waals surface area contributed by atoms with E-state index in [4.69, 9.17) is 0 Å². The van der Waals surface area contributed by atoms with Crippen LogP contribution in [0.2, 0.25) is 0 Å². The average molecular weight is 755 g/mol. The minimum atomic E-state index is -0.166. The normalized spacial score (nSPS) is 12.7. The zero-order chi connectivity index (χ0) is 39.5. The largest absolute Gasteiger partial charge is 0.310 e. The SMILES string of the molecule is CC1(C)c2cc(N(c3ccc(-c4ccccc4)cc3)c3ccc(-c4ccc5c(c4)c4ccccc4n5-c4ccccc4)cc3)ccc2-c2c(-c3ccccc3)cccc21. The van der Waals surface area contributed by atoms with Gasteiger partial charge in [0.05, 0.1) is 11.0 Å². The number of fused-ring (bicyclic) bond motifs is 6. The Bertz CT molecular complexity index is 3140. The summed E-state index contributed by atoms with van der Waals surface area (Å²) in [4.78, 5) is 2.41. The molecule has 0 bridgehead atoms. The standard InChI is InChI=1S/C57H42N2/c1-57(2)52-23-14-22-48(42-17-8-4-9-18-42)56(52)50-35-34-47(38-53(50)57)58(45-30-25-40(26-31-45)39-15-6-3-7-16-39)46-32-27-41(28-33-46)43-29-36-55-51(37-43)49-21-12-13-24-54(49)59(55)44-19-10-5-11-20-44/h3-38H,1-2H3. The van der Waals surface area contributed by atoms with E-state index in [1.807, 2.05) is 0 Å². The molecule has 0 saturated carbocycles. The second-order valence-electron chi connectivity index (χ2n) is 16.2.